The average Bonchev–Trinajstić information content (AvgIpc) is 2.45. The van der Waals surface area contributed by atoms with E-state index in [4.69, 9.17) is 11.6 Å². The van der Waals surface area contributed by atoms with Gasteiger partial charge in [-0.25, -0.2) is 13.1 Å². The summed E-state index contributed by atoms with van der Waals surface area (Å²) in [6.07, 6.45) is 0. The second-order valence-corrected chi connectivity index (χ2v) is 6.54. The second-order valence-electron chi connectivity index (χ2n) is 4.22. The summed E-state index contributed by atoms with van der Waals surface area (Å²) in [7, 11) is -2.03. The lowest BCUT2D eigenvalue weighted by molar-refractivity contribution is 0.588. The van der Waals surface area contributed by atoms with E-state index in [0.29, 0.717) is 11.6 Å². The Kier molecular flexibility index (Phi) is 4.65. The maximum atomic E-state index is 11.7. The van der Waals surface area contributed by atoms with E-state index in [9.17, 15) is 8.42 Å². The molecule has 2 aromatic rings. The number of nitrogens with one attached hydrogen (secondary N) is 2. The van der Waals surface area contributed by atoms with Gasteiger partial charge in [0.15, 0.2) is 0 Å². The van der Waals surface area contributed by atoms with Crippen LogP contribution in [0.15, 0.2) is 53.4 Å². The highest BCUT2D eigenvalue weighted by Gasteiger charge is 2.11. The summed E-state index contributed by atoms with van der Waals surface area (Å²) in [5.74, 6) is 0. The minimum absolute atomic E-state index is 0.232. The third kappa shape index (κ3) is 3.72. The molecule has 6 heteroatoms. The maximum absolute atomic E-state index is 11.7. The zero-order chi connectivity index (χ0) is 14.6. The van der Waals surface area contributed by atoms with E-state index >= 15 is 0 Å². The Labute approximate surface area is 123 Å². The van der Waals surface area contributed by atoms with Crippen LogP contribution in [0.25, 0.3) is 0 Å². The van der Waals surface area contributed by atoms with Crippen LogP contribution in [-0.4, -0.2) is 15.5 Å². The summed E-state index contributed by atoms with van der Waals surface area (Å²) >= 11 is 5.92. The molecule has 0 bridgehead atoms. The van der Waals surface area contributed by atoms with Crippen LogP contribution >= 0.6 is 11.6 Å². The maximum Gasteiger partial charge on any atom is 0.240 e. The molecule has 0 unspecified atom stereocenters. The van der Waals surface area contributed by atoms with Gasteiger partial charge in [-0.3, -0.25) is 0 Å². The molecule has 0 aliphatic carbocycles. The van der Waals surface area contributed by atoms with Crippen molar-refractivity contribution in [2.75, 3.05) is 12.4 Å². The molecule has 20 heavy (non-hydrogen) atoms. The predicted octanol–water partition coefficient (Wildman–Crippen LogP) is 2.86. The fraction of sp³-hybridized carbons (Fsp3) is 0.143. The number of sulfonamides is 1. The topological polar surface area (TPSA) is 58.2 Å². The Morgan fingerprint density at radius 1 is 1.10 bits per heavy atom. The fourth-order valence-corrected chi connectivity index (χ4v) is 2.73. The first-order valence-electron chi connectivity index (χ1n) is 6.03. The molecule has 0 aromatic heterocycles. The van der Waals surface area contributed by atoms with Gasteiger partial charge >= 0.3 is 0 Å². The number of benzene rings is 2. The van der Waals surface area contributed by atoms with Gasteiger partial charge in [0, 0.05) is 17.3 Å². The van der Waals surface area contributed by atoms with Crippen LogP contribution in [0.5, 0.6) is 0 Å². The summed E-state index contributed by atoms with van der Waals surface area (Å²) in [4.78, 5) is 0.232. The smallest absolute Gasteiger partial charge is 0.240 e. The minimum atomic E-state index is -3.42. The third-order valence-corrected chi connectivity index (χ3v) is 4.45. The van der Waals surface area contributed by atoms with E-state index in [1.165, 1.54) is 7.05 Å². The van der Waals surface area contributed by atoms with Crippen molar-refractivity contribution in [1.29, 1.82) is 0 Å². The van der Waals surface area contributed by atoms with E-state index in [-0.39, 0.29) is 4.90 Å². The molecule has 2 rings (SSSR count). The molecule has 0 amide bonds. The zero-order valence-electron chi connectivity index (χ0n) is 10.9. The monoisotopic (exact) mass is 310 g/mol. The van der Waals surface area contributed by atoms with Crippen molar-refractivity contribution in [3.05, 3.63) is 59.1 Å². The largest absolute Gasteiger partial charge is 0.381 e. The van der Waals surface area contributed by atoms with Gasteiger partial charge in [-0.15, -0.1) is 0 Å². The number of rotatable bonds is 5. The summed E-state index contributed by atoms with van der Waals surface area (Å²) in [5, 5.41) is 3.85. The first-order valence-corrected chi connectivity index (χ1v) is 7.89. The van der Waals surface area contributed by atoms with Gasteiger partial charge < -0.3 is 5.32 Å². The molecular formula is C14H15ClN2O2S. The highest BCUT2D eigenvalue weighted by molar-refractivity contribution is 7.89. The highest BCUT2D eigenvalue weighted by Crippen LogP contribution is 2.17. The lowest BCUT2D eigenvalue weighted by Crippen LogP contribution is -2.18. The summed E-state index contributed by atoms with van der Waals surface area (Å²) < 4.78 is 25.7. The molecule has 4 nitrogen and oxygen atoms in total. The SMILES string of the molecule is CNS(=O)(=O)c1cccc(NCc2cccc(Cl)c2)c1. The number of hydrogen-bond donors (Lipinski definition) is 2. The number of halogens is 1. The lowest BCUT2D eigenvalue weighted by atomic mass is 10.2. The Balaban J connectivity index is 2.13. The van der Waals surface area contributed by atoms with Crippen molar-refractivity contribution >= 4 is 27.3 Å². The van der Waals surface area contributed by atoms with E-state index in [1.54, 1.807) is 18.2 Å². The highest BCUT2D eigenvalue weighted by atomic mass is 35.5. The summed E-state index contributed by atoms with van der Waals surface area (Å²) in [6.45, 7) is 0.573. The molecule has 0 fully saturated rings. The fourth-order valence-electron chi connectivity index (χ4n) is 1.74. The van der Waals surface area contributed by atoms with Crippen molar-refractivity contribution in [1.82, 2.24) is 4.72 Å². The molecule has 0 aliphatic heterocycles. The van der Waals surface area contributed by atoms with Gasteiger partial charge in [-0.05, 0) is 42.9 Å². The van der Waals surface area contributed by atoms with E-state index in [1.807, 2.05) is 30.3 Å². The normalized spacial score (nSPS) is 11.3. The van der Waals surface area contributed by atoms with Crippen molar-refractivity contribution in [2.24, 2.45) is 0 Å². The molecule has 0 saturated carbocycles. The van der Waals surface area contributed by atoms with Gasteiger partial charge in [0.2, 0.25) is 10.0 Å². The molecule has 0 heterocycles. The molecule has 106 valence electrons. The van der Waals surface area contributed by atoms with Gasteiger partial charge in [-0.2, -0.15) is 0 Å². The van der Waals surface area contributed by atoms with Crippen LogP contribution in [-0.2, 0) is 16.6 Å². The third-order valence-electron chi connectivity index (χ3n) is 2.80. The van der Waals surface area contributed by atoms with Gasteiger partial charge in [0.05, 0.1) is 4.90 Å². The Hall–Kier alpha value is -1.56. The molecule has 0 radical (unpaired) electrons. The standard InChI is InChI=1S/C14H15ClN2O2S/c1-16-20(18,19)14-7-3-6-13(9-14)17-10-11-4-2-5-12(15)8-11/h2-9,16-17H,10H2,1H3. The molecule has 0 spiro atoms. The van der Waals surface area contributed by atoms with E-state index in [0.717, 1.165) is 11.3 Å². The van der Waals surface area contributed by atoms with Gasteiger partial charge in [0.1, 0.15) is 0 Å². The second kappa shape index (κ2) is 6.26. The first kappa shape index (κ1) is 14.8. The van der Waals surface area contributed by atoms with Crippen LogP contribution < -0.4 is 10.0 Å². The van der Waals surface area contributed by atoms with Crippen LogP contribution in [0.2, 0.25) is 5.02 Å². The molecule has 0 saturated heterocycles. The van der Waals surface area contributed by atoms with Crippen LogP contribution in [0, 0.1) is 0 Å². The zero-order valence-corrected chi connectivity index (χ0v) is 12.5. The Bertz CT molecular complexity index is 702. The summed E-state index contributed by atoms with van der Waals surface area (Å²) in [6, 6.07) is 14.2. The van der Waals surface area contributed by atoms with E-state index < -0.39 is 10.0 Å². The minimum Gasteiger partial charge on any atom is -0.381 e. The Morgan fingerprint density at radius 2 is 1.85 bits per heavy atom. The predicted molar refractivity (Wildman–Crippen MR) is 81.5 cm³/mol. The van der Waals surface area contributed by atoms with Gasteiger partial charge in [-0.1, -0.05) is 29.8 Å². The van der Waals surface area contributed by atoms with Crippen LogP contribution in [0.1, 0.15) is 5.56 Å². The van der Waals surface area contributed by atoms with Crippen LogP contribution in [0.3, 0.4) is 0 Å². The Morgan fingerprint density at radius 3 is 2.55 bits per heavy atom. The molecule has 2 N–H and O–H groups in total. The van der Waals surface area contributed by atoms with Crippen molar-refractivity contribution in [3.8, 4) is 0 Å². The van der Waals surface area contributed by atoms with Crippen molar-refractivity contribution in [3.63, 3.8) is 0 Å². The molecule has 0 aliphatic rings. The van der Waals surface area contributed by atoms with Crippen molar-refractivity contribution < 1.29 is 8.42 Å². The van der Waals surface area contributed by atoms with E-state index in [2.05, 4.69) is 10.0 Å². The summed E-state index contributed by atoms with van der Waals surface area (Å²) in [5.41, 5.74) is 1.76. The van der Waals surface area contributed by atoms with Gasteiger partial charge in [0.25, 0.3) is 0 Å². The van der Waals surface area contributed by atoms with Crippen molar-refractivity contribution in [2.45, 2.75) is 11.4 Å². The first-order chi connectivity index (χ1) is 9.51. The molecular weight excluding hydrogens is 296 g/mol. The quantitative estimate of drug-likeness (QED) is 0.893. The lowest BCUT2D eigenvalue weighted by Gasteiger charge is -2.09. The van der Waals surface area contributed by atoms with Crippen LogP contribution in [0.4, 0.5) is 5.69 Å². The number of anilines is 1. The number of hydrogen-bond acceptors (Lipinski definition) is 3. The molecule has 2 aromatic carbocycles. The molecule has 0 atom stereocenters. The average molecular weight is 311 g/mol.